The van der Waals surface area contributed by atoms with E-state index in [1.807, 2.05) is 30.2 Å². The molecule has 0 spiro atoms. The molecule has 146 valence electrons. The summed E-state index contributed by atoms with van der Waals surface area (Å²) in [7, 11) is 1.83. The number of ether oxygens (including phenoxy) is 1. The van der Waals surface area contributed by atoms with Crippen LogP contribution in [-0.2, 0) is 16.7 Å². The van der Waals surface area contributed by atoms with Gasteiger partial charge in [0.25, 0.3) is 0 Å². The summed E-state index contributed by atoms with van der Waals surface area (Å²) in [4.78, 5) is 4.39. The van der Waals surface area contributed by atoms with Crippen molar-refractivity contribution >= 4 is 5.96 Å². The number of hydrogen-bond acceptors (Lipinski definition) is 3. The van der Waals surface area contributed by atoms with E-state index in [-0.39, 0.29) is 5.41 Å². The molecule has 1 saturated heterocycles. The van der Waals surface area contributed by atoms with E-state index in [2.05, 4.69) is 51.9 Å². The van der Waals surface area contributed by atoms with Gasteiger partial charge in [0.1, 0.15) is 0 Å². The second kappa shape index (κ2) is 9.55. The Kier molecular flexibility index (Phi) is 6.87. The highest BCUT2D eigenvalue weighted by atomic mass is 16.5. The Hall–Kier alpha value is -2.34. The van der Waals surface area contributed by atoms with Gasteiger partial charge in [-0.2, -0.15) is 5.10 Å². The smallest absolute Gasteiger partial charge is 0.191 e. The molecule has 0 amide bonds. The minimum absolute atomic E-state index is 0.0935. The van der Waals surface area contributed by atoms with Crippen LogP contribution in [0.2, 0.25) is 0 Å². The molecule has 6 nitrogen and oxygen atoms in total. The van der Waals surface area contributed by atoms with E-state index in [4.69, 9.17) is 4.74 Å². The van der Waals surface area contributed by atoms with Crippen LogP contribution in [0.1, 0.15) is 30.4 Å². The SMILES string of the molecule is CN=C(NCCCn1cccn1)NCC1(c2ccccc2C)CCOCC1. The average Bonchev–Trinajstić information content (AvgIpc) is 3.22. The van der Waals surface area contributed by atoms with Crippen LogP contribution in [0.5, 0.6) is 0 Å². The molecule has 0 unspecified atom stereocenters. The van der Waals surface area contributed by atoms with Crippen molar-refractivity contribution in [2.24, 2.45) is 4.99 Å². The van der Waals surface area contributed by atoms with Crippen molar-refractivity contribution in [3.8, 4) is 0 Å². The predicted octanol–water partition coefficient (Wildman–Crippen LogP) is 2.50. The van der Waals surface area contributed by atoms with Crippen molar-refractivity contribution in [1.82, 2.24) is 20.4 Å². The first-order valence-electron chi connectivity index (χ1n) is 9.79. The molecule has 1 aliphatic heterocycles. The number of nitrogens with zero attached hydrogens (tertiary/aromatic N) is 3. The van der Waals surface area contributed by atoms with Gasteiger partial charge in [0, 0.05) is 57.7 Å². The Bertz CT molecular complexity index is 720. The van der Waals surface area contributed by atoms with Crippen molar-refractivity contribution in [3.63, 3.8) is 0 Å². The Balaban J connectivity index is 1.56. The van der Waals surface area contributed by atoms with Gasteiger partial charge in [0.05, 0.1) is 0 Å². The van der Waals surface area contributed by atoms with E-state index in [1.165, 1.54) is 11.1 Å². The Labute approximate surface area is 162 Å². The van der Waals surface area contributed by atoms with Crippen molar-refractivity contribution in [3.05, 3.63) is 53.9 Å². The standard InChI is InChI=1S/C21H31N5O/c1-18-7-3-4-8-19(18)21(9-15-27-16-10-21)17-24-20(22-2)23-11-5-13-26-14-6-12-25-26/h3-4,6-8,12,14H,5,9-11,13,15-17H2,1-2H3,(H2,22,23,24). The molecule has 2 N–H and O–H groups in total. The predicted molar refractivity (Wildman–Crippen MR) is 109 cm³/mol. The van der Waals surface area contributed by atoms with Crippen molar-refractivity contribution in [2.75, 3.05) is 33.4 Å². The molecule has 6 heteroatoms. The highest BCUT2D eigenvalue weighted by Crippen LogP contribution is 2.36. The Morgan fingerprint density at radius 3 is 2.74 bits per heavy atom. The molecule has 1 aromatic heterocycles. The first-order valence-corrected chi connectivity index (χ1v) is 9.79. The van der Waals surface area contributed by atoms with Crippen LogP contribution >= 0.6 is 0 Å². The summed E-state index contributed by atoms with van der Waals surface area (Å²) in [6, 6.07) is 10.7. The molecule has 3 rings (SSSR count). The zero-order chi connectivity index (χ0) is 19.0. The number of aromatic nitrogens is 2. The number of rotatable bonds is 7. The number of hydrogen-bond donors (Lipinski definition) is 2. The molecule has 0 aliphatic carbocycles. The number of benzene rings is 1. The van der Waals surface area contributed by atoms with Crippen LogP contribution in [0, 0.1) is 6.92 Å². The van der Waals surface area contributed by atoms with Gasteiger partial charge in [-0.25, -0.2) is 0 Å². The number of guanidine groups is 1. The van der Waals surface area contributed by atoms with Gasteiger partial charge >= 0.3 is 0 Å². The van der Waals surface area contributed by atoms with Gasteiger partial charge in [-0.1, -0.05) is 24.3 Å². The van der Waals surface area contributed by atoms with Gasteiger partial charge in [-0.15, -0.1) is 0 Å². The first kappa shape index (κ1) is 19.4. The maximum Gasteiger partial charge on any atom is 0.191 e. The quantitative estimate of drug-likeness (QED) is 0.447. The first-order chi connectivity index (χ1) is 13.2. The normalized spacial score (nSPS) is 16.9. The molecule has 0 atom stereocenters. The maximum atomic E-state index is 5.65. The highest BCUT2D eigenvalue weighted by molar-refractivity contribution is 5.79. The number of aliphatic imine (C=N–C) groups is 1. The highest BCUT2D eigenvalue weighted by Gasteiger charge is 2.35. The topological polar surface area (TPSA) is 63.5 Å². The van der Waals surface area contributed by atoms with Gasteiger partial charge in [-0.05, 0) is 43.4 Å². The molecule has 1 fully saturated rings. The molecule has 2 aromatic rings. The van der Waals surface area contributed by atoms with Crippen LogP contribution in [0.25, 0.3) is 0 Å². The molecule has 27 heavy (non-hydrogen) atoms. The number of aryl methyl sites for hydroxylation is 2. The molecule has 0 radical (unpaired) electrons. The summed E-state index contributed by atoms with van der Waals surface area (Å²) < 4.78 is 7.60. The summed E-state index contributed by atoms with van der Waals surface area (Å²) in [5.41, 5.74) is 2.87. The van der Waals surface area contributed by atoms with Crippen molar-refractivity contribution in [2.45, 2.75) is 38.1 Å². The fourth-order valence-corrected chi connectivity index (χ4v) is 3.83. The minimum Gasteiger partial charge on any atom is -0.381 e. The second-order valence-corrected chi connectivity index (χ2v) is 7.18. The lowest BCUT2D eigenvalue weighted by Crippen LogP contribution is -2.48. The van der Waals surface area contributed by atoms with E-state index < -0.39 is 0 Å². The van der Waals surface area contributed by atoms with Crippen LogP contribution in [0.4, 0.5) is 0 Å². The van der Waals surface area contributed by atoms with Crippen molar-refractivity contribution in [1.29, 1.82) is 0 Å². The summed E-state index contributed by atoms with van der Waals surface area (Å²) in [6.45, 7) is 6.45. The van der Waals surface area contributed by atoms with Gasteiger partial charge in [0.15, 0.2) is 5.96 Å². The summed E-state index contributed by atoms with van der Waals surface area (Å²) in [5, 5.41) is 11.2. The third-order valence-electron chi connectivity index (χ3n) is 5.40. The van der Waals surface area contributed by atoms with E-state index >= 15 is 0 Å². The molecule has 2 heterocycles. The fourth-order valence-electron chi connectivity index (χ4n) is 3.83. The van der Waals surface area contributed by atoms with Gasteiger partial charge in [-0.3, -0.25) is 9.67 Å². The second-order valence-electron chi connectivity index (χ2n) is 7.18. The Morgan fingerprint density at radius 2 is 2.04 bits per heavy atom. The monoisotopic (exact) mass is 369 g/mol. The fraction of sp³-hybridized carbons (Fsp3) is 0.524. The van der Waals surface area contributed by atoms with E-state index in [9.17, 15) is 0 Å². The molecular formula is C21H31N5O. The van der Waals surface area contributed by atoms with E-state index in [0.29, 0.717) is 0 Å². The lowest BCUT2D eigenvalue weighted by molar-refractivity contribution is 0.0512. The third-order valence-corrected chi connectivity index (χ3v) is 5.40. The van der Waals surface area contributed by atoms with Gasteiger partial charge in [0.2, 0.25) is 0 Å². The molecule has 0 saturated carbocycles. The molecule has 1 aliphatic rings. The largest absolute Gasteiger partial charge is 0.381 e. The molecular weight excluding hydrogens is 338 g/mol. The average molecular weight is 370 g/mol. The molecule has 1 aromatic carbocycles. The summed E-state index contributed by atoms with van der Waals surface area (Å²) in [6.07, 6.45) is 6.86. The summed E-state index contributed by atoms with van der Waals surface area (Å²) >= 11 is 0. The number of nitrogens with one attached hydrogen (secondary N) is 2. The molecule has 0 bridgehead atoms. The van der Waals surface area contributed by atoms with Crippen LogP contribution < -0.4 is 10.6 Å². The third kappa shape index (κ3) is 5.10. The summed E-state index contributed by atoms with van der Waals surface area (Å²) in [5.74, 6) is 0.856. The zero-order valence-corrected chi connectivity index (χ0v) is 16.4. The lowest BCUT2D eigenvalue weighted by atomic mass is 9.72. The van der Waals surface area contributed by atoms with Crippen LogP contribution in [0.3, 0.4) is 0 Å². The minimum atomic E-state index is 0.0935. The van der Waals surface area contributed by atoms with Crippen LogP contribution in [0.15, 0.2) is 47.7 Å². The lowest BCUT2D eigenvalue weighted by Gasteiger charge is -2.39. The Morgan fingerprint density at radius 1 is 1.22 bits per heavy atom. The van der Waals surface area contributed by atoms with Crippen molar-refractivity contribution < 1.29 is 4.74 Å². The van der Waals surface area contributed by atoms with E-state index in [1.54, 1.807) is 0 Å². The van der Waals surface area contributed by atoms with Crippen LogP contribution in [-0.4, -0.2) is 49.1 Å². The van der Waals surface area contributed by atoms with Gasteiger partial charge < -0.3 is 15.4 Å². The van der Waals surface area contributed by atoms with E-state index in [0.717, 1.165) is 58.1 Å². The maximum absolute atomic E-state index is 5.65. The zero-order valence-electron chi connectivity index (χ0n) is 16.4.